The molecule has 0 spiro atoms. The Morgan fingerprint density at radius 2 is 1.68 bits per heavy atom. The van der Waals surface area contributed by atoms with Gasteiger partial charge in [0.25, 0.3) is 11.8 Å². The number of thioether (sulfide) groups is 1. The molecular weight excluding hydrogens is 332 g/mol. The Hall–Kier alpha value is -2.27. The van der Waals surface area contributed by atoms with E-state index in [2.05, 4.69) is 5.32 Å². The zero-order valence-electron chi connectivity index (χ0n) is 15.1. The molecular formula is C20H24N2O2S. The maximum atomic E-state index is 12.5. The normalized spacial score (nSPS) is 10.4. The first-order valence-electron chi connectivity index (χ1n) is 8.35. The number of nitrogens with zero attached hydrogens (tertiary/aromatic N) is 1. The molecule has 0 aliphatic rings. The molecule has 1 N–H and O–H groups in total. The standard InChI is InChI=1S/C20H24N2O2S/c1-5-22(6-2)20(24)15-8-10-16(11-9-15)21-19(23)18-13-17(25-4)12-7-14(18)3/h7-13H,5-6H2,1-4H3,(H,21,23). The second kappa shape index (κ2) is 8.72. The van der Waals surface area contributed by atoms with Crippen LogP contribution < -0.4 is 5.32 Å². The molecule has 0 bridgehead atoms. The first-order valence-corrected chi connectivity index (χ1v) is 9.58. The number of benzene rings is 2. The zero-order chi connectivity index (χ0) is 18.4. The summed E-state index contributed by atoms with van der Waals surface area (Å²) < 4.78 is 0. The predicted octanol–water partition coefficient (Wildman–Crippen LogP) is 4.45. The molecule has 0 fully saturated rings. The van der Waals surface area contributed by atoms with Crippen molar-refractivity contribution in [2.45, 2.75) is 25.7 Å². The van der Waals surface area contributed by atoms with Crippen molar-refractivity contribution in [1.82, 2.24) is 4.90 Å². The van der Waals surface area contributed by atoms with E-state index in [1.807, 2.05) is 45.2 Å². The molecule has 0 saturated carbocycles. The van der Waals surface area contributed by atoms with Gasteiger partial charge in [-0.1, -0.05) is 6.07 Å². The minimum absolute atomic E-state index is 0.00592. The number of hydrogen-bond donors (Lipinski definition) is 1. The van der Waals surface area contributed by atoms with Crippen LogP contribution in [0.3, 0.4) is 0 Å². The fourth-order valence-electron chi connectivity index (χ4n) is 2.56. The van der Waals surface area contributed by atoms with Crippen LogP contribution in [0.25, 0.3) is 0 Å². The van der Waals surface area contributed by atoms with Crippen molar-refractivity contribution in [3.05, 3.63) is 59.2 Å². The van der Waals surface area contributed by atoms with Gasteiger partial charge in [0.1, 0.15) is 0 Å². The molecule has 0 atom stereocenters. The summed E-state index contributed by atoms with van der Waals surface area (Å²) in [5, 5.41) is 2.90. The van der Waals surface area contributed by atoms with Crippen LogP contribution in [0.15, 0.2) is 47.4 Å². The molecule has 0 aromatic heterocycles. The SMILES string of the molecule is CCN(CC)C(=O)c1ccc(NC(=O)c2cc(SC)ccc2C)cc1. The van der Waals surface area contributed by atoms with Gasteiger partial charge in [-0.2, -0.15) is 0 Å². The third-order valence-corrected chi connectivity index (χ3v) is 4.86. The topological polar surface area (TPSA) is 49.4 Å². The zero-order valence-corrected chi connectivity index (χ0v) is 15.9. The second-order valence-electron chi connectivity index (χ2n) is 5.69. The molecule has 0 radical (unpaired) electrons. The van der Waals surface area contributed by atoms with Crippen molar-refractivity contribution in [3.63, 3.8) is 0 Å². The molecule has 0 saturated heterocycles. The van der Waals surface area contributed by atoms with E-state index in [1.54, 1.807) is 40.9 Å². The van der Waals surface area contributed by atoms with Gasteiger partial charge in [-0.15, -0.1) is 11.8 Å². The summed E-state index contributed by atoms with van der Waals surface area (Å²) in [5.41, 5.74) is 2.90. The molecule has 132 valence electrons. The molecule has 5 heteroatoms. The maximum Gasteiger partial charge on any atom is 0.255 e. The average molecular weight is 356 g/mol. The minimum Gasteiger partial charge on any atom is -0.339 e. The summed E-state index contributed by atoms with van der Waals surface area (Å²) in [7, 11) is 0. The van der Waals surface area contributed by atoms with Gasteiger partial charge in [-0.25, -0.2) is 0 Å². The fraction of sp³-hybridized carbons (Fsp3) is 0.300. The Morgan fingerprint density at radius 1 is 1.04 bits per heavy atom. The number of rotatable bonds is 6. The van der Waals surface area contributed by atoms with Crippen LogP contribution in [0.1, 0.15) is 40.1 Å². The fourth-order valence-corrected chi connectivity index (χ4v) is 3.00. The summed E-state index contributed by atoms with van der Waals surface area (Å²) in [6.45, 7) is 7.20. The number of carbonyl (C=O) groups excluding carboxylic acids is 2. The van der Waals surface area contributed by atoms with Gasteiger partial charge in [0.15, 0.2) is 0 Å². The number of carbonyl (C=O) groups is 2. The molecule has 4 nitrogen and oxygen atoms in total. The highest BCUT2D eigenvalue weighted by molar-refractivity contribution is 7.98. The van der Waals surface area contributed by atoms with E-state index >= 15 is 0 Å². The van der Waals surface area contributed by atoms with Crippen LogP contribution >= 0.6 is 11.8 Å². The van der Waals surface area contributed by atoms with Gasteiger partial charge in [0, 0.05) is 34.8 Å². The summed E-state index contributed by atoms with van der Waals surface area (Å²) in [6, 6.07) is 12.9. The van der Waals surface area contributed by atoms with E-state index in [4.69, 9.17) is 0 Å². The lowest BCUT2D eigenvalue weighted by Crippen LogP contribution is -2.30. The van der Waals surface area contributed by atoms with Gasteiger partial charge in [0.2, 0.25) is 0 Å². The summed E-state index contributed by atoms with van der Waals surface area (Å²) >= 11 is 1.61. The maximum absolute atomic E-state index is 12.5. The van der Waals surface area contributed by atoms with Gasteiger partial charge < -0.3 is 10.2 Å². The van der Waals surface area contributed by atoms with Crippen molar-refractivity contribution < 1.29 is 9.59 Å². The van der Waals surface area contributed by atoms with E-state index in [0.717, 1.165) is 10.5 Å². The Balaban J connectivity index is 2.13. The number of amides is 2. The molecule has 2 rings (SSSR count). The third kappa shape index (κ3) is 4.63. The van der Waals surface area contributed by atoms with Gasteiger partial charge >= 0.3 is 0 Å². The molecule has 2 amide bonds. The lowest BCUT2D eigenvalue weighted by molar-refractivity contribution is 0.0773. The number of nitrogens with one attached hydrogen (secondary N) is 1. The summed E-state index contributed by atoms with van der Waals surface area (Å²) in [6.07, 6.45) is 1.98. The van der Waals surface area contributed by atoms with Gasteiger partial charge in [0.05, 0.1) is 0 Å². The van der Waals surface area contributed by atoms with Crippen molar-refractivity contribution >= 4 is 29.3 Å². The van der Waals surface area contributed by atoms with Crippen molar-refractivity contribution in [1.29, 1.82) is 0 Å². The van der Waals surface area contributed by atoms with Gasteiger partial charge in [-0.05, 0) is 69.0 Å². The van der Waals surface area contributed by atoms with Gasteiger partial charge in [-0.3, -0.25) is 9.59 Å². The molecule has 2 aromatic carbocycles. The van der Waals surface area contributed by atoms with Crippen LogP contribution in [0.4, 0.5) is 5.69 Å². The van der Waals surface area contributed by atoms with Crippen LogP contribution in [0.2, 0.25) is 0 Å². The third-order valence-electron chi connectivity index (χ3n) is 4.13. The van der Waals surface area contributed by atoms with Crippen molar-refractivity contribution in [2.75, 3.05) is 24.7 Å². The monoisotopic (exact) mass is 356 g/mol. The van der Waals surface area contributed by atoms with Crippen LogP contribution in [0.5, 0.6) is 0 Å². The molecule has 0 heterocycles. The minimum atomic E-state index is -0.142. The molecule has 0 aliphatic carbocycles. The van der Waals surface area contributed by atoms with E-state index < -0.39 is 0 Å². The molecule has 0 unspecified atom stereocenters. The molecule has 2 aromatic rings. The summed E-state index contributed by atoms with van der Waals surface area (Å²) in [5.74, 6) is -0.136. The highest BCUT2D eigenvalue weighted by Crippen LogP contribution is 2.20. The van der Waals surface area contributed by atoms with E-state index in [-0.39, 0.29) is 11.8 Å². The highest BCUT2D eigenvalue weighted by atomic mass is 32.2. The number of aryl methyl sites for hydroxylation is 1. The largest absolute Gasteiger partial charge is 0.339 e. The van der Waals surface area contributed by atoms with Crippen LogP contribution in [-0.4, -0.2) is 36.1 Å². The first-order chi connectivity index (χ1) is 12.0. The van der Waals surface area contributed by atoms with Crippen LogP contribution in [0, 0.1) is 6.92 Å². The molecule has 25 heavy (non-hydrogen) atoms. The lowest BCUT2D eigenvalue weighted by atomic mass is 10.1. The van der Waals surface area contributed by atoms with E-state index in [1.165, 1.54) is 0 Å². The first kappa shape index (κ1) is 19.1. The Labute approximate surface area is 153 Å². The smallest absolute Gasteiger partial charge is 0.255 e. The Bertz CT molecular complexity index is 753. The van der Waals surface area contributed by atoms with Crippen molar-refractivity contribution in [2.24, 2.45) is 0 Å². The second-order valence-corrected chi connectivity index (χ2v) is 6.57. The lowest BCUT2D eigenvalue weighted by Gasteiger charge is -2.18. The predicted molar refractivity (Wildman–Crippen MR) is 105 cm³/mol. The Kier molecular flexibility index (Phi) is 6.65. The summed E-state index contributed by atoms with van der Waals surface area (Å²) in [4.78, 5) is 27.7. The number of hydrogen-bond acceptors (Lipinski definition) is 3. The van der Waals surface area contributed by atoms with Crippen LogP contribution in [-0.2, 0) is 0 Å². The average Bonchev–Trinajstić information content (AvgIpc) is 2.63. The highest BCUT2D eigenvalue weighted by Gasteiger charge is 2.13. The van der Waals surface area contributed by atoms with E-state index in [0.29, 0.717) is 29.9 Å². The van der Waals surface area contributed by atoms with E-state index in [9.17, 15) is 9.59 Å². The Morgan fingerprint density at radius 3 is 2.24 bits per heavy atom. The quantitative estimate of drug-likeness (QED) is 0.778. The molecule has 0 aliphatic heterocycles. The number of anilines is 1. The van der Waals surface area contributed by atoms with Crippen molar-refractivity contribution in [3.8, 4) is 0 Å².